The van der Waals surface area contributed by atoms with Gasteiger partial charge in [-0.25, -0.2) is 9.78 Å². The predicted molar refractivity (Wildman–Crippen MR) is 131 cm³/mol. The molecule has 0 bridgehead atoms. The highest BCUT2D eigenvalue weighted by Gasteiger charge is 2.14. The average Bonchev–Trinajstić information content (AvgIpc) is 3.25. The molecule has 0 aliphatic heterocycles. The molecule has 2 aromatic carbocycles. The molecule has 0 unspecified atom stereocenters. The zero-order valence-electron chi connectivity index (χ0n) is 18.3. The van der Waals surface area contributed by atoms with Crippen molar-refractivity contribution in [3.05, 3.63) is 91.8 Å². The highest BCUT2D eigenvalue weighted by molar-refractivity contribution is 7.16. The Bertz CT molecular complexity index is 1420. The first-order valence-electron chi connectivity index (χ1n) is 10.7. The van der Waals surface area contributed by atoms with Crippen molar-refractivity contribution in [2.24, 2.45) is 0 Å². The Kier molecular flexibility index (Phi) is 7.34. The van der Waals surface area contributed by atoms with E-state index < -0.39 is 11.9 Å². The summed E-state index contributed by atoms with van der Waals surface area (Å²) in [5.74, 6) is -0.999. The number of aryl methyl sites for hydroxylation is 1. The third kappa shape index (κ3) is 5.49. The van der Waals surface area contributed by atoms with Gasteiger partial charge in [0.1, 0.15) is 11.6 Å². The minimum Gasteiger partial charge on any atom is -0.456 e. The van der Waals surface area contributed by atoms with Crippen molar-refractivity contribution in [3.63, 3.8) is 0 Å². The summed E-state index contributed by atoms with van der Waals surface area (Å²) in [4.78, 5) is 42.3. The van der Waals surface area contributed by atoms with Crippen LogP contribution in [0, 0.1) is 0 Å². The highest BCUT2D eigenvalue weighted by atomic mass is 35.5. The molecule has 0 saturated carbocycles. The molecule has 0 radical (unpaired) electrons. The zero-order valence-corrected chi connectivity index (χ0v) is 19.9. The van der Waals surface area contributed by atoms with E-state index in [1.54, 1.807) is 42.5 Å². The minimum atomic E-state index is -0.608. The smallest absolute Gasteiger partial charge is 0.338 e. The van der Waals surface area contributed by atoms with Gasteiger partial charge in [0.2, 0.25) is 4.96 Å². The number of unbranched alkanes of at least 4 members (excludes halogenated alkanes) is 1. The number of carbonyl (C=O) groups is 2. The number of benzene rings is 2. The Morgan fingerprint density at radius 3 is 2.76 bits per heavy atom. The number of amides is 1. The molecule has 4 rings (SSSR count). The maximum atomic E-state index is 12.6. The Labute approximate surface area is 204 Å². The molecule has 1 amide bonds. The number of fused-ring (bicyclic) bond motifs is 1. The molecule has 0 aliphatic rings. The molecule has 10 heteroatoms. The second-order valence-corrected chi connectivity index (χ2v) is 8.92. The van der Waals surface area contributed by atoms with Crippen molar-refractivity contribution in [1.29, 1.82) is 0 Å². The highest BCUT2D eigenvalue weighted by Crippen LogP contribution is 2.19. The molecule has 34 heavy (non-hydrogen) atoms. The van der Waals surface area contributed by atoms with Crippen LogP contribution in [0.25, 0.3) is 4.96 Å². The zero-order chi connectivity index (χ0) is 24.1. The Morgan fingerprint density at radius 1 is 1.15 bits per heavy atom. The normalized spacial score (nSPS) is 10.9. The first-order valence-corrected chi connectivity index (χ1v) is 11.9. The van der Waals surface area contributed by atoms with E-state index in [4.69, 9.17) is 16.3 Å². The molecule has 4 aromatic rings. The number of rotatable bonds is 8. The average molecular weight is 497 g/mol. The van der Waals surface area contributed by atoms with Gasteiger partial charge in [0.05, 0.1) is 21.8 Å². The lowest BCUT2D eigenvalue weighted by molar-refractivity contribution is 0.0467. The van der Waals surface area contributed by atoms with E-state index in [0.717, 1.165) is 24.3 Å². The van der Waals surface area contributed by atoms with Crippen LogP contribution in [-0.4, -0.2) is 26.5 Å². The van der Waals surface area contributed by atoms with Crippen LogP contribution in [0.2, 0.25) is 5.02 Å². The van der Waals surface area contributed by atoms with Crippen molar-refractivity contribution in [3.8, 4) is 0 Å². The molecule has 1 N–H and O–H groups in total. The fourth-order valence-electron chi connectivity index (χ4n) is 3.19. The molecule has 0 saturated heterocycles. The van der Waals surface area contributed by atoms with Crippen molar-refractivity contribution in [1.82, 2.24) is 14.6 Å². The largest absolute Gasteiger partial charge is 0.456 e. The molecule has 2 aromatic heterocycles. The van der Waals surface area contributed by atoms with E-state index in [0.29, 0.717) is 26.9 Å². The van der Waals surface area contributed by atoms with Crippen molar-refractivity contribution >= 4 is 45.5 Å². The standard InChI is InChI=1S/C24H21ClN4O4S/c1-2-3-11-20-28-29-21(30)13-17(27-24(29)34-20)14-33-23(32)15-7-6-8-16(12-15)26-22(31)18-9-4-5-10-19(18)25/h4-10,12-13H,2-3,11,14H2,1H3,(H,26,31). The van der Waals surface area contributed by atoms with Crippen molar-refractivity contribution in [2.75, 3.05) is 5.32 Å². The van der Waals surface area contributed by atoms with Gasteiger partial charge >= 0.3 is 5.97 Å². The van der Waals surface area contributed by atoms with Gasteiger partial charge in [-0.1, -0.05) is 54.5 Å². The molecule has 2 heterocycles. The van der Waals surface area contributed by atoms with Crippen LogP contribution < -0.4 is 10.9 Å². The minimum absolute atomic E-state index is 0.164. The van der Waals surface area contributed by atoms with E-state index in [2.05, 4.69) is 22.3 Å². The predicted octanol–water partition coefficient (Wildman–Crippen LogP) is 4.76. The van der Waals surface area contributed by atoms with Crippen LogP contribution in [0.15, 0.2) is 59.4 Å². The van der Waals surface area contributed by atoms with E-state index >= 15 is 0 Å². The number of nitrogens with zero attached hydrogens (tertiary/aromatic N) is 3. The third-order valence-electron chi connectivity index (χ3n) is 4.91. The summed E-state index contributed by atoms with van der Waals surface area (Å²) in [5, 5.41) is 8.20. The number of esters is 1. The van der Waals surface area contributed by atoms with Crippen LogP contribution in [0.4, 0.5) is 5.69 Å². The summed E-state index contributed by atoms with van der Waals surface area (Å²) < 4.78 is 6.62. The fraction of sp³-hybridized carbons (Fsp3) is 0.208. The summed E-state index contributed by atoms with van der Waals surface area (Å²) in [6.07, 6.45) is 2.80. The molecule has 0 fully saturated rings. The molecule has 0 atom stereocenters. The van der Waals surface area contributed by atoms with Gasteiger partial charge in [0.25, 0.3) is 11.5 Å². The van der Waals surface area contributed by atoms with Crippen LogP contribution in [0.1, 0.15) is 51.2 Å². The van der Waals surface area contributed by atoms with Gasteiger partial charge in [0, 0.05) is 18.2 Å². The van der Waals surface area contributed by atoms with E-state index in [9.17, 15) is 14.4 Å². The first kappa shape index (κ1) is 23.6. The van der Waals surface area contributed by atoms with Gasteiger partial charge in [-0.05, 0) is 36.8 Å². The molecule has 0 aliphatic carbocycles. The van der Waals surface area contributed by atoms with Gasteiger partial charge in [-0.3, -0.25) is 9.59 Å². The number of aromatic nitrogens is 3. The maximum absolute atomic E-state index is 12.6. The number of carbonyl (C=O) groups excluding carboxylic acids is 2. The number of hydrogen-bond acceptors (Lipinski definition) is 7. The summed E-state index contributed by atoms with van der Waals surface area (Å²) in [6.45, 7) is 1.93. The number of nitrogens with one attached hydrogen (secondary N) is 1. The number of anilines is 1. The molecule has 0 spiro atoms. The fourth-order valence-corrected chi connectivity index (χ4v) is 4.37. The lowest BCUT2D eigenvalue weighted by atomic mass is 10.1. The van der Waals surface area contributed by atoms with Crippen LogP contribution >= 0.6 is 22.9 Å². The van der Waals surface area contributed by atoms with Crippen molar-refractivity contribution in [2.45, 2.75) is 32.8 Å². The number of ether oxygens (including phenoxy) is 1. The summed E-state index contributed by atoms with van der Waals surface area (Å²) >= 11 is 7.42. The van der Waals surface area contributed by atoms with Gasteiger partial charge < -0.3 is 10.1 Å². The number of halogens is 1. The molecule has 8 nitrogen and oxygen atoms in total. The molecule has 174 valence electrons. The van der Waals surface area contributed by atoms with E-state index in [1.165, 1.54) is 28.0 Å². The van der Waals surface area contributed by atoms with E-state index in [-0.39, 0.29) is 17.7 Å². The number of hydrogen-bond donors (Lipinski definition) is 1. The van der Waals surface area contributed by atoms with Gasteiger partial charge in [-0.2, -0.15) is 9.61 Å². The monoisotopic (exact) mass is 496 g/mol. The second kappa shape index (κ2) is 10.6. The summed E-state index contributed by atoms with van der Waals surface area (Å²) in [6, 6.07) is 14.4. The Morgan fingerprint density at radius 2 is 1.97 bits per heavy atom. The summed E-state index contributed by atoms with van der Waals surface area (Å²) in [7, 11) is 0. The SMILES string of the molecule is CCCCc1nn2c(=O)cc(COC(=O)c3cccc(NC(=O)c4ccccc4Cl)c3)nc2s1. The van der Waals surface area contributed by atoms with E-state index in [1.807, 2.05) is 0 Å². The van der Waals surface area contributed by atoms with Gasteiger partial charge in [0.15, 0.2) is 0 Å². The van der Waals surface area contributed by atoms with Crippen LogP contribution in [0.3, 0.4) is 0 Å². The molecular formula is C24H21ClN4O4S. The first-order chi connectivity index (χ1) is 16.4. The van der Waals surface area contributed by atoms with Crippen LogP contribution in [0.5, 0.6) is 0 Å². The maximum Gasteiger partial charge on any atom is 0.338 e. The summed E-state index contributed by atoms with van der Waals surface area (Å²) in [5.41, 5.74) is 1.01. The topological polar surface area (TPSA) is 103 Å². The Hall–Kier alpha value is -3.56. The molecular weight excluding hydrogens is 476 g/mol. The Balaban J connectivity index is 1.43. The second-order valence-electron chi connectivity index (χ2n) is 7.47. The lowest BCUT2D eigenvalue weighted by Crippen LogP contribution is -2.17. The third-order valence-corrected chi connectivity index (χ3v) is 6.21. The van der Waals surface area contributed by atoms with Crippen LogP contribution in [-0.2, 0) is 17.8 Å². The van der Waals surface area contributed by atoms with Crippen molar-refractivity contribution < 1.29 is 14.3 Å². The lowest BCUT2D eigenvalue weighted by Gasteiger charge is -2.09. The van der Waals surface area contributed by atoms with Gasteiger partial charge in [-0.15, -0.1) is 0 Å². The quantitative estimate of drug-likeness (QED) is 0.353.